The Balaban J connectivity index is 1.58. The molecule has 0 unspecified atom stereocenters. The molecule has 0 aliphatic rings. The SMILES string of the molecule is CC(C)CCn1c(=O)c(NC(=O)Nc2c(C(C)C)cccc2C(C)C)c(-c2cccc(OCCc3ccccn3)c2)c2cccnc21. The normalized spacial score (nSPS) is 11.4. The van der Waals surface area contributed by atoms with E-state index in [4.69, 9.17) is 4.74 Å². The van der Waals surface area contributed by atoms with Crippen molar-refractivity contribution >= 4 is 28.4 Å². The van der Waals surface area contributed by atoms with Gasteiger partial charge in [0.25, 0.3) is 5.56 Å². The predicted octanol–water partition coefficient (Wildman–Crippen LogP) is 9.02. The highest BCUT2D eigenvalue weighted by Gasteiger charge is 2.23. The van der Waals surface area contributed by atoms with E-state index >= 15 is 0 Å². The minimum absolute atomic E-state index is 0.194. The van der Waals surface area contributed by atoms with Gasteiger partial charge in [0, 0.05) is 47.7 Å². The fraction of sp³-hybridized carbons (Fsp3) is 0.333. The molecule has 8 nitrogen and oxygen atoms in total. The van der Waals surface area contributed by atoms with Gasteiger partial charge < -0.3 is 15.4 Å². The molecule has 0 radical (unpaired) electrons. The first-order chi connectivity index (χ1) is 22.6. The summed E-state index contributed by atoms with van der Waals surface area (Å²) in [5, 5.41) is 6.89. The molecule has 0 bridgehead atoms. The van der Waals surface area contributed by atoms with Crippen molar-refractivity contribution in [3.8, 4) is 16.9 Å². The van der Waals surface area contributed by atoms with Gasteiger partial charge in [-0.3, -0.25) is 14.3 Å². The van der Waals surface area contributed by atoms with Gasteiger partial charge in [-0.15, -0.1) is 0 Å². The summed E-state index contributed by atoms with van der Waals surface area (Å²) in [5.74, 6) is 1.42. The summed E-state index contributed by atoms with van der Waals surface area (Å²) in [6.45, 7) is 13.6. The van der Waals surface area contributed by atoms with Gasteiger partial charge in [0.05, 0.1) is 6.61 Å². The molecule has 0 saturated carbocycles. The third kappa shape index (κ3) is 7.88. The number of hydrogen-bond donors (Lipinski definition) is 2. The summed E-state index contributed by atoms with van der Waals surface area (Å²) in [4.78, 5) is 37.3. The monoisotopic (exact) mass is 631 g/mol. The average Bonchev–Trinajstić information content (AvgIpc) is 3.05. The van der Waals surface area contributed by atoms with Crippen LogP contribution in [-0.4, -0.2) is 27.2 Å². The Kier molecular flexibility index (Phi) is 10.7. The van der Waals surface area contributed by atoms with Crippen LogP contribution in [0.5, 0.6) is 5.75 Å². The van der Waals surface area contributed by atoms with E-state index in [9.17, 15) is 9.59 Å². The number of nitrogens with one attached hydrogen (secondary N) is 2. The summed E-state index contributed by atoms with van der Waals surface area (Å²) in [6, 6.07) is 22.9. The molecule has 0 aliphatic carbocycles. The Hall–Kier alpha value is -4.98. The fourth-order valence-electron chi connectivity index (χ4n) is 5.81. The third-order valence-corrected chi connectivity index (χ3v) is 8.28. The summed E-state index contributed by atoms with van der Waals surface area (Å²) >= 11 is 0. The van der Waals surface area contributed by atoms with Crippen LogP contribution in [0.25, 0.3) is 22.2 Å². The van der Waals surface area contributed by atoms with Gasteiger partial charge in [-0.2, -0.15) is 0 Å². The maximum absolute atomic E-state index is 14.4. The lowest BCUT2D eigenvalue weighted by Crippen LogP contribution is -2.30. The van der Waals surface area contributed by atoms with Crippen molar-refractivity contribution in [1.29, 1.82) is 0 Å². The molecule has 0 fully saturated rings. The number of aryl methyl sites for hydroxylation is 1. The Bertz CT molecular complexity index is 1870. The summed E-state index contributed by atoms with van der Waals surface area (Å²) in [6.07, 6.45) is 4.92. The van der Waals surface area contributed by atoms with Crippen LogP contribution in [0, 0.1) is 5.92 Å². The number of pyridine rings is 3. The van der Waals surface area contributed by atoms with E-state index in [0.717, 1.165) is 39.9 Å². The van der Waals surface area contributed by atoms with Crippen molar-refractivity contribution in [2.24, 2.45) is 5.92 Å². The number of aromatic nitrogens is 3. The van der Waals surface area contributed by atoms with E-state index in [-0.39, 0.29) is 23.1 Å². The average molecular weight is 632 g/mol. The largest absolute Gasteiger partial charge is 0.493 e. The van der Waals surface area contributed by atoms with E-state index in [1.807, 2.05) is 72.8 Å². The van der Waals surface area contributed by atoms with Crippen molar-refractivity contribution in [2.75, 3.05) is 17.2 Å². The molecule has 47 heavy (non-hydrogen) atoms. The van der Waals surface area contributed by atoms with Gasteiger partial charge in [-0.05, 0) is 77.3 Å². The van der Waals surface area contributed by atoms with Gasteiger partial charge in [-0.25, -0.2) is 9.78 Å². The van der Waals surface area contributed by atoms with Gasteiger partial charge in [0.2, 0.25) is 0 Å². The van der Waals surface area contributed by atoms with Crippen molar-refractivity contribution in [3.63, 3.8) is 0 Å². The third-order valence-electron chi connectivity index (χ3n) is 8.28. The number of rotatable bonds is 12. The lowest BCUT2D eigenvalue weighted by molar-refractivity contribution is 0.262. The Labute approximate surface area is 277 Å². The second-order valence-corrected chi connectivity index (χ2v) is 12.9. The molecule has 0 spiro atoms. The van der Waals surface area contributed by atoms with Gasteiger partial charge in [-0.1, -0.05) is 77.9 Å². The number of amides is 2. The Morgan fingerprint density at radius 2 is 1.51 bits per heavy atom. The van der Waals surface area contributed by atoms with Crippen LogP contribution in [0.3, 0.4) is 0 Å². The molecular weight excluding hydrogens is 586 g/mol. The molecule has 2 N–H and O–H groups in total. The van der Waals surface area contributed by atoms with E-state index < -0.39 is 6.03 Å². The Morgan fingerprint density at radius 3 is 2.19 bits per heavy atom. The van der Waals surface area contributed by atoms with E-state index in [0.29, 0.717) is 42.5 Å². The maximum Gasteiger partial charge on any atom is 0.323 e. The zero-order valence-electron chi connectivity index (χ0n) is 28.2. The molecule has 0 saturated heterocycles. The van der Waals surface area contributed by atoms with Gasteiger partial charge in [0.15, 0.2) is 0 Å². The molecule has 3 aromatic heterocycles. The highest BCUT2D eigenvalue weighted by molar-refractivity contribution is 6.07. The number of carbonyl (C=O) groups excluding carboxylic acids is 1. The molecular formula is C39H45N5O3. The van der Waals surface area contributed by atoms with Crippen molar-refractivity contribution < 1.29 is 9.53 Å². The number of anilines is 2. The highest BCUT2D eigenvalue weighted by Crippen LogP contribution is 2.36. The quantitative estimate of drug-likeness (QED) is 0.143. The predicted molar refractivity (Wildman–Crippen MR) is 192 cm³/mol. The van der Waals surface area contributed by atoms with Crippen LogP contribution in [0.2, 0.25) is 0 Å². The molecule has 5 rings (SSSR count). The van der Waals surface area contributed by atoms with Crippen LogP contribution in [0.4, 0.5) is 16.2 Å². The molecule has 244 valence electrons. The molecule has 0 atom stereocenters. The lowest BCUT2D eigenvalue weighted by Gasteiger charge is -2.22. The Morgan fingerprint density at radius 1 is 0.809 bits per heavy atom. The number of urea groups is 1. The second-order valence-electron chi connectivity index (χ2n) is 12.9. The fourth-order valence-corrected chi connectivity index (χ4v) is 5.81. The number of fused-ring (bicyclic) bond motifs is 1. The van der Waals surface area contributed by atoms with E-state index in [1.165, 1.54) is 0 Å². The van der Waals surface area contributed by atoms with Crippen LogP contribution < -0.4 is 20.9 Å². The molecule has 2 aromatic carbocycles. The minimum Gasteiger partial charge on any atom is -0.493 e. The number of benzene rings is 2. The van der Waals surface area contributed by atoms with Crippen molar-refractivity contribution in [2.45, 2.75) is 72.8 Å². The van der Waals surface area contributed by atoms with Crippen molar-refractivity contribution in [1.82, 2.24) is 14.5 Å². The molecule has 3 heterocycles. The number of hydrogen-bond acceptors (Lipinski definition) is 5. The van der Waals surface area contributed by atoms with Crippen molar-refractivity contribution in [3.05, 3.63) is 112 Å². The second kappa shape index (κ2) is 15.1. The zero-order valence-corrected chi connectivity index (χ0v) is 28.2. The van der Waals surface area contributed by atoms with Crippen LogP contribution in [0.15, 0.2) is 90.0 Å². The number of nitrogens with zero attached hydrogens (tertiary/aromatic N) is 3. The van der Waals surface area contributed by atoms with Crippen LogP contribution >= 0.6 is 0 Å². The summed E-state index contributed by atoms with van der Waals surface area (Å²) in [7, 11) is 0. The van der Waals surface area contributed by atoms with Crippen LogP contribution in [0.1, 0.15) is 76.6 Å². The first-order valence-electron chi connectivity index (χ1n) is 16.5. The molecule has 0 aliphatic heterocycles. The molecule has 8 heteroatoms. The number of ether oxygens (including phenoxy) is 1. The summed E-state index contributed by atoms with van der Waals surface area (Å²) in [5.41, 5.74) is 5.63. The lowest BCUT2D eigenvalue weighted by atomic mass is 9.93. The standard InChI is InChI=1S/C39H45N5O3/c1-25(2)18-22-44-37-33(17-11-21-41-37)34(28-12-9-14-30(24-28)47-23-19-29-13-7-8-20-40-29)36(38(44)45)43-39(46)42-35-31(26(3)4)15-10-16-32(35)27(5)6/h7-17,20-21,24-27H,18-19,22-23H2,1-6H3,(H2,42,43,46). The highest BCUT2D eigenvalue weighted by atomic mass is 16.5. The van der Waals surface area contributed by atoms with Gasteiger partial charge >= 0.3 is 6.03 Å². The summed E-state index contributed by atoms with van der Waals surface area (Å²) < 4.78 is 7.82. The topological polar surface area (TPSA) is 98.1 Å². The first-order valence-corrected chi connectivity index (χ1v) is 16.5. The number of carbonyl (C=O) groups is 1. The maximum atomic E-state index is 14.4. The van der Waals surface area contributed by atoms with Crippen LogP contribution in [-0.2, 0) is 13.0 Å². The zero-order chi connectivity index (χ0) is 33.5. The number of para-hydroxylation sites is 1. The van der Waals surface area contributed by atoms with E-state index in [2.05, 4.69) is 62.1 Å². The molecule has 5 aromatic rings. The minimum atomic E-state index is -0.472. The smallest absolute Gasteiger partial charge is 0.323 e. The van der Waals surface area contributed by atoms with Gasteiger partial charge in [0.1, 0.15) is 17.1 Å². The van der Waals surface area contributed by atoms with E-state index in [1.54, 1.807) is 17.0 Å². The molecule has 2 amide bonds. The first kappa shape index (κ1) is 33.4.